The number of piperazine rings is 1. The van der Waals surface area contributed by atoms with E-state index in [0.29, 0.717) is 22.7 Å². The topological polar surface area (TPSA) is 80.1 Å². The van der Waals surface area contributed by atoms with Gasteiger partial charge in [0.15, 0.2) is 11.5 Å². The zero-order chi connectivity index (χ0) is 24.2. The van der Waals surface area contributed by atoms with Crippen LogP contribution < -0.4 is 20.1 Å². The number of amides is 1. The summed E-state index contributed by atoms with van der Waals surface area (Å²) in [6, 6.07) is 19.0. The molecule has 0 atom stereocenters. The molecular weight excluding hydrogens is 442 g/mol. The van der Waals surface area contributed by atoms with Gasteiger partial charge < -0.3 is 24.5 Å². The molecule has 2 aromatic heterocycles. The van der Waals surface area contributed by atoms with Gasteiger partial charge in [0.2, 0.25) is 0 Å². The molecule has 0 radical (unpaired) electrons. The maximum Gasteiger partial charge on any atom is 0.255 e. The largest absolute Gasteiger partial charge is 0.493 e. The number of para-hydroxylation sites is 1. The Morgan fingerprint density at radius 2 is 1.77 bits per heavy atom. The Morgan fingerprint density at radius 3 is 2.57 bits per heavy atom. The molecule has 2 N–H and O–H groups in total. The Kier molecular flexibility index (Phi) is 6.65. The van der Waals surface area contributed by atoms with E-state index in [9.17, 15) is 4.79 Å². The second-order valence-corrected chi connectivity index (χ2v) is 8.43. The molecule has 1 aliphatic rings. The highest BCUT2D eigenvalue weighted by Crippen LogP contribution is 2.33. The van der Waals surface area contributed by atoms with Gasteiger partial charge in [-0.3, -0.25) is 9.69 Å². The fourth-order valence-electron chi connectivity index (χ4n) is 4.46. The maximum atomic E-state index is 13.2. The summed E-state index contributed by atoms with van der Waals surface area (Å²) >= 11 is 0. The molecule has 1 aliphatic heterocycles. The van der Waals surface area contributed by atoms with Crippen molar-refractivity contribution in [3.05, 3.63) is 78.1 Å². The Labute approximate surface area is 204 Å². The number of aromatic nitrogens is 2. The Balaban J connectivity index is 1.51. The molecule has 1 fully saturated rings. The van der Waals surface area contributed by atoms with Gasteiger partial charge in [-0.1, -0.05) is 24.3 Å². The molecule has 8 nitrogen and oxygen atoms in total. The highest BCUT2D eigenvalue weighted by atomic mass is 16.5. The number of benzene rings is 2. The number of ether oxygens (including phenoxy) is 2. The number of hydrogen-bond donors (Lipinski definition) is 2. The van der Waals surface area contributed by atoms with Crippen LogP contribution in [0.4, 0.5) is 5.69 Å². The fraction of sp³-hybridized carbons (Fsp3) is 0.259. The summed E-state index contributed by atoms with van der Waals surface area (Å²) in [5.74, 6) is 0.852. The second-order valence-electron chi connectivity index (χ2n) is 8.43. The van der Waals surface area contributed by atoms with Crippen molar-refractivity contribution in [1.29, 1.82) is 0 Å². The fourth-order valence-corrected chi connectivity index (χ4v) is 4.46. The first-order chi connectivity index (χ1) is 17.2. The van der Waals surface area contributed by atoms with Crippen LogP contribution in [0.25, 0.3) is 16.9 Å². The SMILES string of the molecule is COc1ccc(C(=O)Nc2ccccc2-c2nc3ccccn3c2CN2CCNCC2)cc1OC. The molecule has 0 saturated carbocycles. The van der Waals surface area contributed by atoms with Crippen molar-refractivity contribution in [3.63, 3.8) is 0 Å². The minimum Gasteiger partial charge on any atom is -0.493 e. The normalized spacial score (nSPS) is 14.1. The summed E-state index contributed by atoms with van der Waals surface area (Å²) in [6.45, 7) is 4.70. The first-order valence-electron chi connectivity index (χ1n) is 11.7. The highest BCUT2D eigenvalue weighted by molar-refractivity contribution is 6.06. The molecule has 1 saturated heterocycles. The molecule has 3 heterocycles. The predicted molar refractivity (Wildman–Crippen MR) is 136 cm³/mol. The van der Waals surface area contributed by atoms with Crippen molar-refractivity contribution in [2.24, 2.45) is 0 Å². The number of imidazole rings is 1. The van der Waals surface area contributed by atoms with Gasteiger partial charge >= 0.3 is 0 Å². The Morgan fingerprint density at radius 1 is 1.00 bits per heavy atom. The number of anilines is 1. The molecule has 5 rings (SSSR count). The average Bonchev–Trinajstić information content (AvgIpc) is 3.27. The van der Waals surface area contributed by atoms with E-state index >= 15 is 0 Å². The Bertz CT molecular complexity index is 1340. The van der Waals surface area contributed by atoms with Crippen LogP contribution in [0.1, 0.15) is 16.1 Å². The highest BCUT2D eigenvalue weighted by Gasteiger charge is 2.21. The minimum atomic E-state index is -0.231. The van der Waals surface area contributed by atoms with Gasteiger partial charge in [-0.05, 0) is 36.4 Å². The molecule has 4 aromatic rings. The van der Waals surface area contributed by atoms with E-state index < -0.39 is 0 Å². The summed E-state index contributed by atoms with van der Waals surface area (Å²) in [5, 5.41) is 6.49. The number of methoxy groups -OCH3 is 2. The monoisotopic (exact) mass is 471 g/mol. The predicted octanol–water partition coefficient (Wildman–Crippen LogP) is 3.68. The number of pyridine rings is 1. The Hall–Kier alpha value is -3.88. The smallest absolute Gasteiger partial charge is 0.255 e. The van der Waals surface area contributed by atoms with Crippen molar-refractivity contribution in [3.8, 4) is 22.8 Å². The summed E-state index contributed by atoms with van der Waals surface area (Å²) < 4.78 is 12.8. The number of carbonyl (C=O) groups excluding carboxylic acids is 1. The number of nitrogens with one attached hydrogen (secondary N) is 2. The van der Waals surface area contributed by atoms with Crippen molar-refractivity contribution >= 4 is 17.2 Å². The lowest BCUT2D eigenvalue weighted by molar-refractivity contribution is 0.102. The summed E-state index contributed by atoms with van der Waals surface area (Å²) in [4.78, 5) is 20.6. The van der Waals surface area contributed by atoms with Gasteiger partial charge in [-0.2, -0.15) is 0 Å². The lowest BCUT2D eigenvalue weighted by Gasteiger charge is -2.27. The average molecular weight is 472 g/mol. The summed E-state index contributed by atoms with van der Waals surface area (Å²) in [7, 11) is 3.12. The standard InChI is InChI=1S/C27H29N5O3/c1-34-23-11-10-19(17-24(23)35-2)27(33)29-21-8-4-3-7-20(21)26-22(18-31-15-12-28-13-16-31)32-14-6-5-9-25(32)30-26/h3-11,14,17,28H,12-13,15-16,18H2,1-2H3,(H,29,33). The molecular formula is C27H29N5O3. The van der Waals surface area contributed by atoms with E-state index in [1.807, 2.05) is 48.7 Å². The number of hydrogen-bond acceptors (Lipinski definition) is 6. The molecule has 2 aromatic carbocycles. The van der Waals surface area contributed by atoms with Crippen molar-refractivity contribution in [2.45, 2.75) is 6.54 Å². The van der Waals surface area contributed by atoms with E-state index in [1.165, 1.54) is 0 Å². The maximum absolute atomic E-state index is 13.2. The van der Waals surface area contributed by atoms with Crippen LogP contribution in [0.2, 0.25) is 0 Å². The third kappa shape index (κ3) is 4.71. The van der Waals surface area contributed by atoms with Gasteiger partial charge in [0, 0.05) is 50.0 Å². The van der Waals surface area contributed by atoms with Gasteiger partial charge in [-0.15, -0.1) is 0 Å². The van der Waals surface area contributed by atoms with Gasteiger partial charge in [0.25, 0.3) is 5.91 Å². The third-order valence-electron chi connectivity index (χ3n) is 6.29. The summed E-state index contributed by atoms with van der Waals surface area (Å²) in [5.41, 5.74) is 4.93. The first-order valence-corrected chi connectivity index (χ1v) is 11.7. The zero-order valence-electron chi connectivity index (χ0n) is 20.0. The van der Waals surface area contributed by atoms with Crippen LogP contribution in [0.3, 0.4) is 0 Å². The van der Waals surface area contributed by atoms with Crippen molar-refractivity contribution < 1.29 is 14.3 Å². The van der Waals surface area contributed by atoms with Gasteiger partial charge in [-0.25, -0.2) is 4.98 Å². The van der Waals surface area contributed by atoms with Gasteiger partial charge in [0.05, 0.1) is 31.3 Å². The lowest BCUT2D eigenvalue weighted by Crippen LogP contribution is -2.43. The molecule has 8 heteroatoms. The van der Waals surface area contributed by atoms with Crippen LogP contribution in [-0.4, -0.2) is 60.6 Å². The molecule has 0 unspecified atom stereocenters. The van der Waals surface area contributed by atoms with E-state index in [-0.39, 0.29) is 5.91 Å². The van der Waals surface area contributed by atoms with Crippen molar-refractivity contribution in [2.75, 3.05) is 45.7 Å². The van der Waals surface area contributed by atoms with Crippen LogP contribution in [0.15, 0.2) is 66.9 Å². The molecule has 0 bridgehead atoms. The molecule has 0 spiro atoms. The number of nitrogens with zero attached hydrogens (tertiary/aromatic N) is 3. The van der Waals surface area contributed by atoms with E-state index in [0.717, 1.165) is 55.3 Å². The molecule has 35 heavy (non-hydrogen) atoms. The quantitative estimate of drug-likeness (QED) is 0.428. The molecule has 1 amide bonds. The minimum absolute atomic E-state index is 0.231. The molecule has 180 valence electrons. The number of carbonyl (C=O) groups is 1. The van der Waals surface area contributed by atoms with E-state index in [4.69, 9.17) is 14.5 Å². The van der Waals surface area contributed by atoms with Crippen LogP contribution >= 0.6 is 0 Å². The van der Waals surface area contributed by atoms with Crippen molar-refractivity contribution in [1.82, 2.24) is 19.6 Å². The third-order valence-corrected chi connectivity index (χ3v) is 6.29. The number of rotatable bonds is 7. The number of fused-ring (bicyclic) bond motifs is 1. The van der Waals surface area contributed by atoms with Crippen LogP contribution in [0.5, 0.6) is 11.5 Å². The first kappa shape index (κ1) is 22.9. The van der Waals surface area contributed by atoms with E-state index in [1.54, 1.807) is 32.4 Å². The zero-order valence-corrected chi connectivity index (χ0v) is 20.0. The second kappa shape index (κ2) is 10.2. The molecule has 0 aliphatic carbocycles. The van der Waals surface area contributed by atoms with Crippen LogP contribution in [0, 0.1) is 0 Å². The lowest BCUT2D eigenvalue weighted by atomic mass is 10.1. The van der Waals surface area contributed by atoms with Gasteiger partial charge in [0.1, 0.15) is 5.65 Å². The van der Waals surface area contributed by atoms with E-state index in [2.05, 4.69) is 19.9 Å². The van der Waals surface area contributed by atoms with Crippen LogP contribution in [-0.2, 0) is 6.54 Å². The summed E-state index contributed by atoms with van der Waals surface area (Å²) in [6.07, 6.45) is 2.05.